The number of rotatable bonds is 5. The Morgan fingerprint density at radius 1 is 1.30 bits per heavy atom. The summed E-state index contributed by atoms with van der Waals surface area (Å²) in [5.41, 5.74) is 1.90. The molecule has 0 aromatic heterocycles. The van der Waals surface area contributed by atoms with E-state index in [1.54, 1.807) is 4.90 Å². The Balaban J connectivity index is 1.54. The second-order valence-corrected chi connectivity index (χ2v) is 6.40. The van der Waals surface area contributed by atoms with E-state index in [9.17, 15) is 9.59 Å². The van der Waals surface area contributed by atoms with Crippen molar-refractivity contribution in [2.45, 2.75) is 38.2 Å². The minimum Gasteiger partial charge on any atom is -0.376 e. The molecule has 1 atom stereocenters. The van der Waals surface area contributed by atoms with Crippen LogP contribution >= 0.6 is 0 Å². The predicted octanol–water partition coefficient (Wildman–Crippen LogP) is 1.99. The van der Waals surface area contributed by atoms with Gasteiger partial charge >= 0.3 is 0 Å². The van der Waals surface area contributed by atoms with Crippen molar-refractivity contribution in [1.82, 2.24) is 4.90 Å². The number of amides is 2. The van der Waals surface area contributed by atoms with Gasteiger partial charge in [0.05, 0.1) is 12.5 Å². The molecule has 2 heterocycles. The Morgan fingerprint density at radius 2 is 2.09 bits per heavy atom. The lowest BCUT2D eigenvalue weighted by Crippen LogP contribution is -2.35. The summed E-state index contributed by atoms with van der Waals surface area (Å²) in [4.78, 5) is 27.6. The van der Waals surface area contributed by atoms with Gasteiger partial charge in [-0.05, 0) is 37.0 Å². The highest BCUT2D eigenvalue weighted by Gasteiger charge is 2.22. The monoisotopic (exact) mass is 316 g/mol. The molecule has 1 aromatic rings. The largest absolute Gasteiger partial charge is 0.376 e. The Labute approximate surface area is 137 Å². The van der Waals surface area contributed by atoms with Gasteiger partial charge in [-0.3, -0.25) is 9.59 Å². The first-order valence-electron chi connectivity index (χ1n) is 8.38. The van der Waals surface area contributed by atoms with Crippen molar-refractivity contribution in [3.8, 4) is 0 Å². The number of anilines is 1. The average molecular weight is 316 g/mol. The molecule has 0 unspecified atom stereocenters. The molecule has 23 heavy (non-hydrogen) atoms. The van der Waals surface area contributed by atoms with E-state index < -0.39 is 0 Å². The van der Waals surface area contributed by atoms with Crippen molar-refractivity contribution in [1.29, 1.82) is 0 Å². The maximum atomic E-state index is 12.3. The Morgan fingerprint density at radius 3 is 2.70 bits per heavy atom. The molecule has 2 fully saturated rings. The number of ether oxygens (including phenoxy) is 1. The van der Waals surface area contributed by atoms with Crippen LogP contribution in [0.3, 0.4) is 0 Å². The highest BCUT2D eigenvalue weighted by atomic mass is 16.5. The van der Waals surface area contributed by atoms with Gasteiger partial charge < -0.3 is 14.5 Å². The van der Waals surface area contributed by atoms with Crippen molar-refractivity contribution >= 4 is 17.5 Å². The minimum atomic E-state index is 0.102. The maximum absolute atomic E-state index is 12.3. The summed E-state index contributed by atoms with van der Waals surface area (Å²) in [6.07, 6.45) is 4.26. The molecule has 2 saturated heterocycles. The lowest BCUT2D eigenvalue weighted by molar-refractivity contribution is -0.130. The molecule has 0 spiro atoms. The number of hydrogen-bond acceptors (Lipinski definition) is 3. The molecule has 0 aliphatic carbocycles. The highest BCUT2D eigenvalue weighted by Crippen LogP contribution is 2.22. The normalized spacial score (nSPS) is 21.0. The second kappa shape index (κ2) is 7.13. The molecule has 3 rings (SSSR count). The van der Waals surface area contributed by atoms with Crippen molar-refractivity contribution < 1.29 is 14.3 Å². The number of carbonyl (C=O) groups is 2. The SMILES string of the molecule is CN(C[C@H]1CCCO1)C(=O)Cc1ccc(N2CCCC2=O)cc1. The molecule has 0 bridgehead atoms. The Bertz CT molecular complexity index is 564. The van der Waals surface area contributed by atoms with Gasteiger partial charge in [-0.15, -0.1) is 0 Å². The zero-order valence-electron chi connectivity index (χ0n) is 13.7. The first-order chi connectivity index (χ1) is 11.1. The Kier molecular flexibility index (Phi) is 4.96. The van der Waals surface area contributed by atoms with Crippen molar-refractivity contribution in [2.75, 3.05) is 31.6 Å². The molecular formula is C18H24N2O3. The van der Waals surface area contributed by atoms with E-state index in [0.717, 1.165) is 43.7 Å². The van der Waals surface area contributed by atoms with Crippen molar-refractivity contribution in [3.63, 3.8) is 0 Å². The summed E-state index contributed by atoms with van der Waals surface area (Å²) in [5.74, 6) is 0.288. The summed E-state index contributed by atoms with van der Waals surface area (Å²) >= 11 is 0. The molecule has 2 aliphatic heterocycles. The molecule has 1 aromatic carbocycles. The second-order valence-electron chi connectivity index (χ2n) is 6.40. The van der Waals surface area contributed by atoms with E-state index in [-0.39, 0.29) is 17.9 Å². The van der Waals surface area contributed by atoms with E-state index in [1.165, 1.54) is 0 Å². The molecule has 5 heteroatoms. The van der Waals surface area contributed by atoms with Crippen LogP contribution in [0, 0.1) is 0 Å². The summed E-state index contributed by atoms with van der Waals surface area (Å²) in [6.45, 7) is 2.27. The Hall–Kier alpha value is -1.88. The summed E-state index contributed by atoms with van der Waals surface area (Å²) in [7, 11) is 1.83. The summed E-state index contributed by atoms with van der Waals surface area (Å²) < 4.78 is 5.58. The standard InChI is InChI=1S/C18H24N2O3/c1-19(13-16-4-3-11-23-16)18(22)12-14-6-8-15(9-7-14)20-10-2-5-17(20)21/h6-9,16H,2-5,10-13H2,1H3/t16-/m1/s1. The van der Waals surface area contributed by atoms with Crippen LogP contribution in [0.5, 0.6) is 0 Å². The van der Waals surface area contributed by atoms with Gasteiger partial charge in [0.15, 0.2) is 0 Å². The zero-order valence-corrected chi connectivity index (χ0v) is 13.7. The van der Waals surface area contributed by atoms with Crippen LogP contribution in [-0.4, -0.2) is 49.6 Å². The number of likely N-dealkylation sites (N-methyl/N-ethyl adjacent to an activating group) is 1. The molecule has 0 N–H and O–H groups in total. The minimum absolute atomic E-state index is 0.102. The fraction of sp³-hybridized carbons (Fsp3) is 0.556. The van der Waals surface area contributed by atoms with E-state index in [0.29, 0.717) is 19.4 Å². The van der Waals surface area contributed by atoms with E-state index in [1.807, 2.05) is 36.2 Å². The molecule has 5 nitrogen and oxygen atoms in total. The van der Waals surface area contributed by atoms with Crippen molar-refractivity contribution in [2.24, 2.45) is 0 Å². The van der Waals surface area contributed by atoms with Crippen LogP contribution < -0.4 is 4.90 Å². The lowest BCUT2D eigenvalue weighted by atomic mass is 10.1. The van der Waals surface area contributed by atoms with Crippen LogP contribution in [0.25, 0.3) is 0 Å². The van der Waals surface area contributed by atoms with Gasteiger partial charge in [-0.25, -0.2) is 0 Å². The van der Waals surface area contributed by atoms with Gasteiger partial charge in [0.25, 0.3) is 0 Å². The number of hydrogen-bond donors (Lipinski definition) is 0. The lowest BCUT2D eigenvalue weighted by Gasteiger charge is -2.21. The summed E-state index contributed by atoms with van der Waals surface area (Å²) in [6, 6.07) is 7.76. The van der Waals surface area contributed by atoms with Crippen LogP contribution in [0.4, 0.5) is 5.69 Å². The first kappa shape index (κ1) is 16.0. The number of carbonyl (C=O) groups excluding carboxylic acids is 2. The molecule has 0 radical (unpaired) electrons. The molecular weight excluding hydrogens is 292 g/mol. The van der Waals surface area contributed by atoms with Crippen LogP contribution in [0.15, 0.2) is 24.3 Å². The van der Waals surface area contributed by atoms with Crippen LogP contribution in [0.1, 0.15) is 31.2 Å². The van der Waals surface area contributed by atoms with E-state index in [4.69, 9.17) is 4.74 Å². The van der Waals surface area contributed by atoms with Crippen LogP contribution in [-0.2, 0) is 20.7 Å². The van der Waals surface area contributed by atoms with Gasteiger partial charge in [0.1, 0.15) is 0 Å². The van der Waals surface area contributed by atoms with Crippen molar-refractivity contribution in [3.05, 3.63) is 29.8 Å². The summed E-state index contributed by atoms with van der Waals surface area (Å²) in [5, 5.41) is 0. The third-order valence-electron chi connectivity index (χ3n) is 4.60. The predicted molar refractivity (Wildman–Crippen MR) is 88.3 cm³/mol. The third kappa shape index (κ3) is 3.91. The quantitative estimate of drug-likeness (QED) is 0.835. The first-order valence-corrected chi connectivity index (χ1v) is 8.38. The van der Waals surface area contributed by atoms with E-state index >= 15 is 0 Å². The zero-order chi connectivity index (χ0) is 16.2. The fourth-order valence-corrected chi connectivity index (χ4v) is 3.22. The van der Waals surface area contributed by atoms with Gasteiger partial charge in [-0.1, -0.05) is 12.1 Å². The van der Waals surface area contributed by atoms with Crippen LogP contribution in [0.2, 0.25) is 0 Å². The average Bonchev–Trinajstić information content (AvgIpc) is 3.19. The molecule has 0 saturated carbocycles. The molecule has 124 valence electrons. The highest BCUT2D eigenvalue weighted by molar-refractivity contribution is 5.95. The fourth-order valence-electron chi connectivity index (χ4n) is 3.22. The maximum Gasteiger partial charge on any atom is 0.227 e. The topological polar surface area (TPSA) is 49.9 Å². The number of nitrogens with zero attached hydrogens (tertiary/aromatic N) is 2. The molecule has 2 amide bonds. The molecule has 2 aliphatic rings. The van der Waals surface area contributed by atoms with Gasteiger partial charge in [0.2, 0.25) is 11.8 Å². The smallest absolute Gasteiger partial charge is 0.227 e. The van der Waals surface area contributed by atoms with Gasteiger partial charge in [-0.2, -0.15) is 0 Å². The van der Waals surface area contributed by atoms with Gasteiger partial charge in [0, 0.05) is 38.9 Å². The van der Waals surface area contributed by atoms with E-state index in [2.05, 4.69) is 0 Å². The number of benzene rings is 1. The third-order valence-corrected chi connectivity index (χ3v) is 4.60.